The maximum absolute atomic E-state index is 12.2. The number of rotatable bonds is 29. The number of aldehydes is 1. The Morgan fingerprint density at radius 3 is 1.93 bits per heavy atom. The molecule has 0 saturated carbocycles. The van der Waals surface area contributed by atoms with E-state index in [0.29, 0.717) is 55.5 Å². The molecule has 0 aliphatic heterocycles. The van der Waals surface area contributed by atoms with E-state index in [1.165, 1.54) is 24.6 Å². The molecule has 0 atom stereocenters. The Bertz CT molecular complexity index is 1340. The van der Waals surface area contributed by atoms with Crippen LogP contribution in [0.4, 0.5) is 0 Å². The molecule has 10 nitrogen and oxygen atoms in total. The predicted octanol–water partition coefficient (Wildman–Crippen LogP) is 10.1. The van der Waals surface area contributed by atoms with Crippen LogP contribution in [-0.4, -0.2) is 62.7 Å². The van der Waals surface area contributed by atoms with E-state index in [1.54, 1.807) is 56.5 Å². The second-order valence-corrected chi connectivity index (χ2v) is 11.9. The van der Waals surface area contributed by atoms with Gasteiger partial charge in [-0.3, -0.25) is 4.79 Å². The number of aliphatic hydroxyl groups excluding tert-OH is 1. The number of aliphatic hydroxyl groups is 1. The Labute approximate surface area is 361 Å². The van der Waals surface area contributed by atoms with Crippen LogP contribution in [0.1, 0.15) is 115 Å². The summed E-state index contributed by atoms with van der Waals surface area (Å²) in [6.07, 6.45) is 25.7. The molecule has 56 heavy (non-hydrogen) atoms. The van der Waals surface area contributed by atoms with Crippen LogP contribution in [0.5, 0.6) is 5.75 Å². The molecule has 11 heteroatoms. The number of ketones is 1. The number of unbranched alkanes of at least 4 members (excludes halogenated alkanes) is 8. The van der Waals surface area contributed by atoms with Gasteiger partial charge in [-0.15, -0.1) is 0 Å². The molecule has 0 amide bonds. The van der Waals surface area contributed by atoms with E-state index in [4.69, 9.17) is 28.8 Å². The van der Waals surface area contributed by atoms with Gasteiger partial charge in [0.05, 0.1) is 38.3 Å². The molecule has 0 bridgehead atoms. The van der Waals surface area contributed by atoms with Gasteiger partial charge in [-0.1, -0.05) is 52.0 Å². The summed E-state index contributed by atoms with van der Waals surface area (Å²) < 4.78 is 26.4. The SMILES string of the molecule is C=C/C(=C\C=C(/C)OC)OC(=O)c1ccc(OCCCCCCO)cc1.C=CC(=O)CCCCC.C=CC(=O)OCCCCCCOC(/C=C\CC=O)=C/C.[Y]. The molecule has 0 aliphatic rings. The zero-order valence-corrected chi connectivity index (χ0v) is 37.2. The van der Waals surface area contributed by atoms with Crippen molar-refractivity contribution < 1.29 is 80.7 Å². The summed E-state index contributed by atoms with van der Waals surface area (Å²) in [6.45, 7) is 18.1. The fraction of sp³-hybridized carbons (Fsp3) is 0.467. The number of benzene rings is 1. The number of hydrogen-bond donors (Lipinski definition) is 1. The van der Waals surface area contributed by atoms with Crippen LogP contribution in [0.25, 0.3) is 0 Å². The summed E-state index contributed by atoms with van der Waals surface area (Å²) in [5.41, 5.74) is 0.431. The Morgan fingerprint density at radius 2 is 1.39 bits per heavy atom. The van der Waals surface area contributed by atoms with Crippen LogP contribution in [0.3, 0.4) is 0 Å². The van der Waals surface area contributed by atoms with E-state index in [-0.39, 0.29) is 51.1 Å². The van der Waals surface area contributed by atoms with Crippen molar-refractivity contribution in [1.82, 2.24) is 0 Å². The van der Waals surface area contributed by atoms with Gasteiger partial charge >= 0.3 is 11.9 Å². The van der Waals surface area contributed by atoms with E-state index < -0.39 is 5.97 Å². The average molecular weight is 856 g/mol. The maximum atomic E-state index is 12.2. The van der Waals surface area contributed by atoms with Crippen molar-refractivity contribution in [2.24, 2.45) is 0 Å². The summed E-state index contributed by atoms with van der Waals surface area (Å²) in [6, 6.07) is 6.83. The number of carbonyl (C=O) groups excluding carboxylic acids is 4. The summed E-state index contributed by atoms with van der Waals surface area (Å²) in [4.78, 5) is 43.7. The van der Waals surface area contributed by atoms with Crippen LogP contribution in [0.2, 0.25) is 0 Å². The van der Waals surface area contributed by atoms with E-state index in [0.717, 1.165) is 76.3 Å². The third-order valence-electron chi connectivity index (χ3n) is 7.40. The predicted molar refractivity (Wildman–Crippen MR) is 220 cm³/mol. The number of allylic oxidation sites excluding steroid dienone is 8. The largest absolute Gasteiger partial charge is 0.501 e. The third-order valence-corrected chi connectivity index (χ3v) is 7.40. The second-order valence-electron chi connectivity index (χ2n) is 11.9. The number of ether oxygens (including phenoxy) is 5. The number of esters is 2. The van der Waals surface area contributed by atoms with Gasteiger partial charge in [0.15, 0.2) is 5.78 Å². The first-order valence-corrected chi connectivity index (χ1v) is 19.1. The Balaban J connectivity index is -0.000000829. The molecule has 1 radical (unpaired) electrons. The molecule has 309 valence electrons. The van der Waals surface area contributed by atoms with Crippen molar-refractivity contribution in [2.45, 2.75) is 104 Å². The zero-order valence-electron chi connectivity index (χ0n) is 34.3. The van der Waals surface area contributed by atoms with Crippen molar-refractivity contribution in [2.75, 3.05) is 33.5 Å². The van der Waals surface area contributed by atoms with E-state index in [2.05, 4.69) is 26.7 Å². The Kier molecular flexibility index (Phi) is 42.6. The summed E-state index contributed by atoms with van der Waals surface area (Å²) in [5.74, 6) is 1.87. The maximum Gasteiger partial charge on any atom is 0.343 e. The third kappa shape index (κ3) is 35.8. The van der Waals surface area contributed by atoms with E-state index in [1.807, 2.05) is 19.1 Å². The fourth-order valence-electron chi connectivity index (χ4n) is 4.12. The Morgan fingerprint density at radius 1 is 0.768 bits per heavy atom. The summed E-state index contributed by atoms with van der Waals surface area (Å²) in [5, 5.41) is 8.72. The molecule has 0 unspecified atom stereocenters. The minimum absolute atomic E-state index is 0. The Hall–Kier alpha value is -3.86. The zero-order chi connectivity index (χ0) is 41.4. The second kappa shape index (κ2) is 42.3. The van der Waals surface area contributed by atoms with Crippen LogP contribution in [-0.2, 0) is 66.0 Å². The molecule has 0 saturated heterocycles. The van der Waals surface area contributed by atoms with Gasteiger partial charge in [-0.25, -0.2) is 9.59 Å². The molecule has 0 aromatic heterocycles. The van der Waals surface area contributed by atoms with Gasteiger partial charge in [-0.2, -0.15) is 0 Å². The molecule has 1 rings (SSSR count). The van der Waals surface area contributed by atoms with E-state index in [9.17, 15) is 19.2 Å². The first-order chi connectivity index (χ1) is 26.6. The first-order valence-electron chi connectivity index (χ1n) is 19.1. The topological polar surface area (TPSA) is 135 Å². The molecule has 0 spiro atoms. The van der Waals surface area contributed by atoms with Gasteiger partial charge in [0.1, 0.15) is 23.6 Å². The summed E-state index contributed by atoms with van der Waals surface area (Å²) >= 11 is 0. The quantitative estimate of drug-likeness (QED) is 0.0207. The van der Waals surface area contributed by atoms with Crippen molar-refractivity contribution in [3.05, 3.63) is 115 Å². The number of carbonyl (C=O) groups is 4. The normalized spacial score (nSPS) is 11.0. The molecule has 0 fully saturated rings. The van der Waals surface area contributed by atoms with Crippen molar-refractivity contribution in [1.29, 1.82) is 0 Å². The van der Waals surface area contributed by atoms with Crippen LogP contribution < -0.4 is 4.74 Å². The van der Waals surface area contributed by atoms with Gasteiger partial charge < -0.3 is 33.6 Å². The molecule has 0 heterocycles. The van der Waals surface area contributed by atoms with Crippen LogP contribution in [0.15, 0.2) is 110 Å². The minimum Gasteiger partial charge on any atom is -0.501 e. The fourth-order valence-corrected chi connectivity index (χ4v) is 4.12. The van der Waals surface area contributed by atoms with Crippen molar-refractivity contribution in [3.8, 4) is 5.75 Å². The molecule has 0 aliphatic carbocycles. The van der Waals surface area contributed by atoms with Crippen molar-refractivity contribution in [3.63, 3.8) is 0 Å². The average Bonchev–Trinajstić information content (AvgIpc) is 3.21. The number of methoxy groups -OCH3 is 1. The van der Waals surface area contributed by atoms with Crippen LogP contribution in [0, 0.1) is 0 Å². The minimum atomic E-state index is -0.463. The van der Waals surface area contributed by atoms with Crippen molar-refractivity contribution >= 4 is 24.0 Å². The molecule has 1 aromatic carbocycles. The van der Waals surface area contributed by atoms with Gasteiger partial charge in [0.25, 0.3) is 0 Å². The standard InChI is InChI=1S/C21H28O5.C16H24O4.C8H14O.Y/c1-4-19(12-9-17(2)24-3)26-21(23)18-10-13-20(14-11-18)25-16-8-6-5-7-15-22;1-3-15(11-7-8-12-17)19-13-9-5-6-10-14-20-16(18)4-2;1-3-5-6-7-8(9)4-2;/h4,9-14,22H,1,5-8,15-16H2,2-3H3;3-4,7,11-12H,2,5-6,8-10,13-14H2,1H3;4H,2-3,5-7H2,1H3;/b17-9+,19-12+;11-7-,15-3+;;. The van der Waals surface area contributed by atoms with Gasteiger partial charge in [0.2, 0.25) is 0 Å². The van der Waals surface area contributed by atoms with Gasteiger partial charge in [-0.05, 0) is 126 Å². The summed E-state index contributed by atoms with van der Waals surface area (Å²) in [7, 11) is 1.57. The molecular formula is C45H66O10Y. The molecule has 1 N–H and O–H groups in total. The molecule has 1 aromatic rings. The molecular weight excluding hydrogens is 789 g/mol. The van der Waals surface area contributed by atoms with E-state index >= 15 is 0 Å². The smallest absolute Gasteiger partial charge is 0.343 e. The first kappa shape index (κ1) is 56.5. The van der Waals surface area contributed by atoms with Crippen LogP contribution >= 0.6 is 0 Å². The number of hydrogen-bond acceptors (Lipinski definition) is 10. The monoisotopic (exact) mass is 855 g/mol. The van der Waals surface area contributed by atoms with Gasteiger partial charge in [0, 0.05) is 58.2 Å².